The van der Waals surface area contributed by atoms with E-state index < -0.39 is 18.1 Å². The first kappa shape index (κ1) is 15.6. The van der Waals surface area contributed by atoms with Crippen molar-refractivity contribution in [2.24, 2.45) is 5.92 Å². The lowest BCUT2D eigenvalue weighted by Gasteiger charge is -2.35. The van der Waals surface area contributed by atoms with E-state index in [-0.39, 0.29) is 12.5 Å². The van der Waals surface area contributed by atoms with Crippen LogP contribution in [0.5, 0.6) is 0 Å². The van der Waals surface area contributed by atoms with Crippen molar-refractivity contribution in [3.05, 3.63) is 34.9 Å². The Morgan fingerprint density at radius 1 is 1.15 bits per heavy atom. The van der Waals surface area contributed by atoms with Gasteiger partial charge in [0.25, 0.3) is 0 Å². The number of alkyl halides is 3. The Bertz CT molecular complexity index is 430. The van der Waals surface area contributed by atoms with Gasteiger partial charge in [0.1, 0.15) is 0 Å². The molecule has 5 heteroatoms. The Morgan fingerprint density at radius 3 is 2.35 bits per heavy atom. The van der Waals surface area contributed by atoms with Gasteiger partial charge in [0.2, 0.25) is 0 Å². The zero-order valence-electron chi connectivity index (χ0n) is 11.4. The molecule has 20 heavy (non-hydrogen) atoms. The fourth-order valence-corrected chi connectivity index (χ4v) is 3.02. The maximum atomic E-state index is 13.0. The third-order valence-electron chi connectivity index (χ3n) is 4.02. The van der Waals surface area contributed by atoms with Crippen molar-refractivity contribution >= 4 is 11.6 Å². The van der Waals surface area contributed by atoms with E-state index in [1.165, 1.54) is 0 Å². The highest BCUT2D eigenvalue weighted by atomic mass is 35.5. The van der Waals surface area contributed by atoms with Crippen LogP contribution in [0.25, 0.3) is 0 Å². The normalized spacial score (nSPS) is 25.4. The van der Waals surface area contributed by atoms with Gasteiger partial charge >= 0.3 is 6.18 Å². The molecule has 0 spiro atoms. The summed E-state index contributed by atoms with van der Waals surface area (Å²) >= 11 is 5.82. The molecule has 1 aromatic carbocycles. The molecule has 0 heterocycles. The van der Waals surface area contributed by atoms with Crippen molar-refractivity contribution in [1.29, 1.82) is 0 Å². The minimum atomic E-state index is -4.11. The summed E-state index contributed by atoms with van der Waals surface area (Å²) in [7, 11) is 0. The van der Waals surface area contributed by atoms with Crippen molar-refractivity contribution in [3.63, 3.8) is 0 Å². The summed E-state index contributed by atoms with van der Waals surface area (Å²) in [5, 5.41) is 3.78. The molecule has 0 radical (unpaired) electrons. The number of halogens is 4. The summed E-state index contributed by atoms with van der Waals surface area (Å²) < 4.78 is 39.1. The van der Waals surface area contributed by atoms with Crippen LogP contribution >= 0.6 is 11.6 Å². The van der Waals surface area contributed by atoms with Gasteiger partial charge in [0.15, 0.2) is 0 Å². The van der Waals surface area contributed by atoms with Gasteiger partial charge in [-0.15, -0.1) is 0 Å². The Kier molecular flexibility index (Phi) is 4.97. The second kappa shape index (κ2) is 6.35. The zero-order valence-corrected chi connectivity index (χ0v) is 12.1. The highest BCUT2D eigenvalue weighted by Crippen LogP contribution is 2.38. The molecule has 1 saturated carbocycles. The highest BCUT2D eigenvalue weighted by molar-refractivity contribution is 6.30. The van der Waals surface area contributed by atoms with Gasteiger partial charge in [-0.2, -0.15) is 13.2 Å². The SMILES string of the molecule is C[C@@H](NC1CCCCC1C(F)(F)F)c1ccc(Cl)cc1. The number of nitrogens with one attached hydrogen (secondary N) is 1. The molecule has 0 bridgehead atoms. The number of hydrogen-bond acceptors (Lipinski definition) is 1. The lowest BCUT2D eigenvalue weighted by atomic mass is 9.83. The van der Waals surface area contributed by atoms with E-state index in [4.69, 9.17) is 11.6 Å². The third kappa shape index (κ3) is 3.89. The third-order valence-corrected chi connectivity index (χ3v) is 4.27. The molecule has 1 aliphatic rings. The average Bonchev–Trinajstić information content (AvgIpc) is 2.38. The summed E-state index contributed by atoms with van der Waals surface area (Å²) in [5.41, 5.74) is 0.959. The molecule has 1 aliphatic carbocycles. The van der Waals surface area contributed by atoms with E-state index in [1.54, 1.807) is 12.1 Å². The second-order valence-corrected chi connectivity index (χ2v) is 5.92. The van der Waals surface area contributed by atoms with E-state index in [1.807, 2.05) is 19.1 Å². The fraction of sp³-hybridized carbons (Fsp3) is 0.600. The van der Waals surface area contributed by atoms with Crippen LogP contribution in [0.15, 0.2) is 24.3 Å². The summed E-state index contributed by atoms with van der Waals surface area (Å²) in [6.07, 6.45) is -1.77. The molecule has 1 aromatic rings. The molecule has 0 aromatic heterocycles. The van der Waals surface area contributed by atoms with Crippen LogP contribution in [0.4, 0.5) is 13.2 Å². The minimum Gasteiger partial charge on any atom is -0.307 e. The minimum absolute atomic E-state index is 0.111. The van der Waals surface area contributed by atoms with Crippen LogP contribution in [-0.4, -0.2) is 12.2 Å². The molecule has 2 unspecified atom stereocenters. The molecule has 3 atom stereocenters. The van der Waals surface area contributed by atoms with Crippen LogP contribution in [0.2, 0.25) is 5.02 Å². The van der Waals surface area contributed by atoms with Crippen LogP contribution in [-0.2, 0) is 0 Å². The Labute approximate surface area is 122 Å². The monoisotopic (exact) mass is 305 g/mol. The van der Waals surface area contributed by atoms with Crippen molar-refractivity contribution in [2.75, 3.05) is 0 Å². The maximum Gasteiger partial charge on any atom is 0.393 e. The van der Waals surface area contributed by atoms with Gasteiger partial charge in [-0.05, 0) is 37.5 Å². The maximum absolute atomic E-state index is 13.0. The molecule has 0 aliphatic heterocycles. The molecule has 1 fully saturated rings. The Morgan fingerprint density at radius 2 is 1.75 bits per heavy atom. The molecule has 1 N–H and O–H groups in total. The quantitative estimate of drug-likeness (QED) is 0.818. The lowest BCUT2D eigenvalue weighted by Crippen LogP contribution is -2.46. The van der Waals surface area contributed by atoms with Crippen molar-refractivity contribution in [1.82, 2.24) is 5.32 Å². The average molecular weight is 306 g/mol. The van der Waals surface area contributed by atoms with Gasteiger partial charge in [-0.1, -0.05) is 36.6 Å². The predicted octanol–water partition coefficient (Wildman–Crippen LogP) is 5.11. The Hall–Kier alpha value is -0.740. The Balaban J connectivity index is 2.05. The zero-order chi connectivity index (χ0) is 14.8. The first-order valence-electron chi connectivity index (χ1n) is 6.96. The van der Waals surface area contributed by atoms with E-state index in [0.29, 0.717) is 17.9 Å². The molecule has 0 amide bonds. The molecule has 1 nitrogen and oxygen atoms in total. The number of benzene rings is 1. The summed E-state index contributed by atoms with van der Waals surface area (Å²) in [6, 6.07) is 6.63. The first-order valence-corrected chi connectivity index (χ1v) is 7.34. The summed E-state index contributed by atoms with van der Waals surface area (Å²) in [5.74, 6) is -1.23. The smallest absolute Gasteiger partial charge is 0.307 e. The van der Waals surface area contributed by atoms with Crippen molar-refractivity contribution in [2.45, 2.75) is 50.9 Å². The van der Waals surface area contributed by atoms with E-state index >= 15 is 0 Å². The van der Waals surface area contributed by atoms with Gasteiger partial charge in [0, 0.05) is 17.1 Å². The predicted molar refractivity (Wildman–Crippen MR) is 74.8 cm³/mol. The molecular formula is C15H19ClF3N. The first-order chi connectivity index (χ1) is 9.38. The molecular weight excluding hydrogens is 287 g/mol. The van der Waals surface area contributed by atoms with Crippen LogP contribution in [0.3, 0.4) is 0 Å². The van der Waals surface area contributed by atoms with E-state index in [2.05, 4.69) is 5.32 Å². The van der Waals surface area contributed by atoms with Crippen LogP contribution in [0, 0.1) is 5.92 Å². The lowest BCUT2D eigenvalue weighted by molar-refractivity contribution is -0.189. The van der Waals surface area contributed by atoms with Crippen molar-refractivity contribution in [3.8, 4) is 0 Å². The highest BCUT2D eigenvalue weighted by Gasteiger charge is 2.45. The largest absolute Gasteiger partial charge is 0.393 e. The van der Waals surface area contributed by atoms with Gasteiger partial charge in [-0.25, -0.2) is 0 Å². The number of hydrogen-bond donors (Lipinski definition) is 1. The van der Waals surface area contributed by atoms with Crippen LogP contribution < -0.4 is 5.32 Å². The molecule has 2 rings (SSSR count). The molecule has 112 valence electrons. The van der Waals surface area contributed by atoms with E-state index in [9.17, 15) is 13.2 Å². The standard InChI is InChI=1S/C15H19ClF3N/c1-10(11-6-8-12(16)9-7-11)20-14-5-3-2-4-13(14)15(17,18)19/h6-10,13-14,20H,2-5H2,1H3/t10-,13?,14?/m1/s1. The van der Waals surface area contributed by atoms with Crippen molar-refractivity contribution < 1.29 is 13.2 Å². The number of rotatable bonds is 3. The summed E-state index contributed by atoms with van der Waals surface area (Å²) in [6.45, 7) is 1.89. The van der Waals surface area contributed by atoms with Gasteiger partial charge in [-0.3, -0.25) is 0 Å². The fourth-order valence-electron chi connectivity index (χ4n) is 2.89. The summed E-state index contributed by atoms with van der Waals surface area (Å²) in [4.78, 5) is 0. The topological polar surface area (TPSA) is 12.0 Å². The van der Waals surface area contributed by atoms with Crippen LogP contribution in [0.1, 0.15) is 44.2 Å². The van der Waals surface area contributed by atoms with E-state index in [0.717, 1.165) is 12.0 Å². The van der Waals surface area contributed by atoms with Gasteiger partial charge < -0.3 is 5.32 Å². The van der Waals surface area contributed by atoms with Gasteiger partial charge in [0.05, 0.1) is 5.92 Å². The molecule has 0 saturated heterocycles. The second-order valence-electron chi connectivity index (χ2n) is 5.48.